The minimum atomic E-state index is 0.340. The fourth-order valence-electron chi connectivity index (χ4n) is 2.41. The predicted molar refractivity (Wildman–Crippen MR) is 79.6 cm³/mol. The minimum Gasteiger partial charge on any atom is -0.374 e. The zero-order valence-electron chi connectivity index (χ0n) is 10.3. The van der Waals surface area contributed by atoms with E-state index >= 15 is 0 Å². The minimum absolute atomic E-state index is 0.340. The molecule has 3 unspecified atom stereocenters. The zero-order chi connectivity index (χ0) is 12.5. The molecule has 0 spiro atoms. The van der Waals surface area contributed by atoms with Crippen LogP contribution < -0.4 is 0 Å². The summed E-state index contributed by atoms with van der Waals surface area (Å²) in [5.74, 6) is 0. The van der Waals surface area contributed by atoms with Crippen molar-refractivity contribution in [1.82, 2.24) is 4.98 Å². The number of hydrogen-bond donors (Lipinski definition) is 0. The van der Waals surface area contributed by atoms with Gasteiger partial charge in [-0.05, 0) is 31.9 Å². The van der Waals surface area contributed by atoms with Crippen LogP contribution in [0.4, 0.5) is 0 Å². The summed E-state index contributed by atoms with van der Waals surface area (Å²) in [6.07, 6.45) is 4.03. The van der Waals surface area contributed by atoms with Crippen molar-refractivity contribution in [2.24, 2.45) is 0 Å². The largest absolute Gasteiger partial charge is 0.374 e. The molecule has 1 aliphatic heterocycles. The Morgan fingerprint density at radius 3 is 3.00 bits per heavy atom. The first-order chi connectivity index (χ1) is 8.72. The Morgan fingerprint density at radius 1 is 1.44 bits per heavy atom. The van der Waals surface area contributed by atoms with Crippen LogP contribution in [0.1, 0.15) is 24.8 Å². The van der Waals surface area contributed by atoms with Gasteiger partial charge in [0.15, 0.2) is 0 Å². The summed E-state index contributed by atoms with van der Waals surface area (Å²) in [7, 11) is 0. The number of rotatable bonds is 3. The molecule has 2 nitrogen and oxygen atoms in total. The van der Waals surface area contributed by atoms with Crippen molar-refractivity contribution < 1.29 is 4.74 Å². The zero-order valence-corrected chi connectivity index (χ0v) is 12.7. The van der Waals surface area contributed by atoms with Gasteiger partial charge in [-0.3, -0.25) is 0 Å². The third-order valence-corrected chi connectivity index (χ3v) is 5.35. The van der Waals surface area contributed by atoms with Crippen LogP contribution >= 0.6 is 27.3 Å². The van der Waals surface area contributed by atoms with Crippen LogP contribution in [-0.4, -0.2) is 22.0 Å². The van der Waals surface area contributed by atoms with E-state index in [0.29, 0.717) is 17.0 Å². The number of nitrogens with zero attached hydrogens (tertiary/aromatic N) is 1. The average molecular weight is 326 g/mol. The van der Waals surface area contributed by atoms with Crippen LogP contribution in [0, 0.1) is 0 Å². The molecule has 18 heavy (non-hydrogen) atoms. The molecule has 0 bridgehead atoms. The molecule has 0 N–H and O–H groups in total. The Labute approximate surface area is 120 Å². The summed E-state index contributed by atoms with van der Waals surface area (Å²) >= 11 is 5.56. The van der Waals surface area contributed by atoms with Crippen molar-refractivity contribution in [2.45, 2.75) is 43.2 Å². The lowest BCUT2D eigenvalue weighted by Gasteiger charge is -2.16. The molecule has 3 atom stereocenters. The van der Waals surface area contributed by atoms with E-state index in [1.54, 1.807) is 11.3 Å². The van der Waals surface area contributed by atoms with E-state index in [1.165, 1.54) is 16.1 Å². The standard InChI is InChI=1S/C14H16BrNOS/c1-9-6-7-12(17-9)10(15)8-14-16-11-4-2-3-5-13(11)18-14/h2-5,9-10,12H,6-8H2,1H3. The molecule has 0 radical (unpaired) electrons. The van der Waals surface area contributed by atoms with Gasteiger partial charge < -0.3 is 4.74 Å². The van der Waals surface area contributed by atoms with Gasteiger partial charge in [0.2, 0.25) is 0 Å². The maximum Gasteiger partial charge on any atom is 0.0950 e. The number of thiazole rings is 1. The van der Waals surface area contributed by atoms with E-state index in [1.807, 2.05) is 6.07 Å². The second-order valence-corrected chi connectivity index (χ2v) is 7.15. The summed E-state index contributed by atoms with van der Waals surface area (Å²) in [5, 5.41) is 1.20. The van der Waals surface area contributed by atoms with Crippen LogP contribution in [0.15, 0.2) is 24.3 Å². The van der Waals surface area contributed by atoms with Crippen LogP contribution in [0.25, 0.3) is 10.2 Å². The molecular weight excluding hydrogens is 310 g/mol. The molecule has 3 rings (SSSR count). The Morgan fingerprint density at radius 2 is 2.28 bits per heavy atom. The average Bonchev–Trinajstić information content (AvgIpc) is 2.94. The smallest absolute Gasteiger partial charge is 0.0950 e. The van der Waals surface area contributed by atoms with Crippen LogP contribution in [0.5, 0.6) is 0 Å². The highest BCUT2D eigenvalue weighted by molar-refractivity contribution is 9.09. The molecule has 0 amide bonds. The van der Waals surface area contributed by atoms with Crippen LogP contribution in [0.2, 0.25) is 0 Å². The molecule has 0 aliphatic carbocycles. The number of benzene rings is 1. The van der Waals surface area contributed by atoms with E-state index in [4.69, 9.17) is 4.74 Å². The second-order valence-electron chi connectivity index (χ2n) is 4.86. The van der Waals surface area contributed by atoms with E-state index < -0.39 is 0 Å². The number of aromatic nitrogens is 1. The fraction of sp³-hybridized carbons (Fsp3) is 0.500. The van der Waals surface area contributed by atoms with Gasteiger partial charge in [0.1, 0.15) is 0 Å². The van der Waals surface area contributed by atoms with Gasteiger partial charge in [0.05, 0.1) is 27.4 Å². The molecule has 1 aromatic heterocycles. The van der Waals surface area contributed by atoms with Crippen molar-refractivity contribution in [1.29, 1.82) is 0 Å². The quantitative estimate of drug-likeness (QED) is 0.790. The van der Waals surface area contributed by atoms with E-state index in [2.05, 4.69) is 46.0 Å². The Balaban J connectivity index is 1.71. The van der Waals surface area contributed by atoms with Crippen LogP contribution in [0.3, 0.4) is 0 Å². The van der Waals surface area contributed by atoms with Gasteiger partial charge in [-0.25, -0.2) is 4.98 Å². The fourth-order valence-corrected chi connectivity index (χ4v) is 4.34. The molecule has 1 aromatic carbocycles. The van der Waals surface area contributed by atoms with Crippen molar-refractivity contribution >= 4 is 37.5 Å². The monoisotopic (exact) mass is 325 g/mol. The normalized spacial score (nSPS) is 25.7. The first-order valence-corrected chi connectivity index (χ1v) is 8.09. The lowest BCUT2D eigenvalue weighted by Crippen LogP contribution is -2.22. The molecule has 0 saturated carbocycles. The Hall–Kier alpha value is -0.450. The molecule has 96 valence electrons. The highest BCUT2D eigenvalue weighted by Gasteiger charge is 2.28. The number of ether oxygens (including phenoxy) is 1. The number of para-hydroxylation sites is 1. The van der Waals surface area contributed by atoms with Crippen molar-refractivity contribution in [3.05, 3.63) is 29.3 Å². The van der Waals surface area contributed by atoms with E-state index in [-0.39, 0.29) is 0 Å². The second kappa shape index (κ2) is 5.27. The third-order valence-electron chi connectivity index (χ3n) is 3.38. The molecule has 2 aromatic rings. The van der Waals surface area contributed by atoms with E-state index in [9.17, 15) is 0 Å². The van der Waals surface area contributed by atoms with Crippen molar-refractivity contribution in [3.8, 4) is 0 Å². The van der Waals surface area contributed by atoms with Crippen molar-refractivity contribution in [3.63, 3.8) is 0 Å². The van der Waals surface area contributed by atoms with Gasteiger partial charge in [-0.2, -0.15) is 0 Å². The highest BCUT2D eigenvalue weighted by atomic mass is 79.9. The Kier molecular flexibility index (Phi) is 3.68. The summed E-state index contributed by atoms with van der Waals surface area (Å²) in [6.45, 7) is 2.15. The molecule has 1 aliphatic rings. The maximum absolute atomic E-state index is 5.90. The molecule has 2 heterocycles. The lowest BCUT2D eigenvalue weighted by molar-refractivity contribution is 0.0558. The third kappa shape index (κ3) is 2.60. The molecule has 4 heteroatoms. The summed E-state index contributed by atoms with van der Waals surface area (Å²) in [6, 6.07) is 8.32. The molecule has 1 saturated heterocycles. The van der Waals surface area contributed by atoms with Gasteiger partial charge in [-0.15, -0.1) is 11.3 Å². The number of halogens is 1. The van der Waals surface area contributed by atoms with Gasteiger partial charge in [0, 0.05) is 11.2 Å². The van der Waals surface area contributed by atoms with Gasteiger partial charge in [0.25, 0.3) is 0 Å². The summed E-state index contributed by atoms with van der Waals surface area (Å²) in [4.78, 5) is 5.05. The summed E-state index contributed by atoms with van der Waals surface area (Å²) < 4.78 is 7.17. The molecular formula is C14H16BrNOS. The topological polar surface area (TPSA) is 22.1 Å². The number of fused-ring (bicyclic) bond motifs is 1. The van der Waals surface area contributed by atoms with Gasteiger partial charge in [-0.1, -0.05) is 28.1 Å². The van der Waals surface area contributed by atoms with Gasteiger partial charge >= 0.3 is 0 Å². The Bertz CT molecular complexity index is 508. The van der Waals surface area contributed by atoms with Crippen molar-refractivity contribution in [2.75, 3.05) is 0 Å². The highest BCUT2D eigenvalue weighted by Crippen LogP contribution is 2.30. The lowest BCUT2D eigenvalue weighted by atomic mass is 10.1. The maximum atomic E-state index is 5.90. The van der Waals surface area contributed by atoms with Crippen LogP contribution in [-0.2, 0) is 11.2 Å². The SMILES string of the molecule is CC1CCC(C(Br)Cc2nc3ccccc3s2)O1. The first kappa shape index (κ1) is 12.6. The molecule has 1 fully saturated rings. The predicted octanol–water partition coefficient (Wildman–Crippen LogP) is 4.17. The number of hydrogen-bond acceptors (Lipinski definition) is 3. The van der Waals surface area contributed by atoms with E-state index in [0.717, 1.165) is 18.4 Å². The summed E-state index contributed by atoms with van der Waals surface area (Å²) in [5.41, 5.74) is 1.11. The first-order valence-electron chi connectivity index (χ1n) is 6.36. The number of alkyl halides is 1.